The topological polar surface area (TPSA) is 97.4 Å². The number of rotatable bonds is 6. The lowest BCUT2D eigenvalue weighted by atomic mass is 9.96. The van der Waals surface area contributed by atoms with Crippen molar-refractivity contribution in [2.45, 2.75) is 25.8 Å². The second-order valence-electron chi connectivity index (χ2n) is 7.16. The summed E-state index contributed by atoms with van der Waals surface area (Å²) in [6.45, 7) is 1.14. The van der Waals surface area contributed by atoms with Crippen molar-refractivity contribution in [2.24, 2.45) is 5.92 Å². The normalized spacial score (nSPS) is 16.4. The number of thiophene rings is 1. The Balaban J connectivity index is 1.32. The van der Waals surface area contributed by atoms with Gasteiger partial charge in [-0.3, -0.25) is 9.59 Å². The van der Waals surface area contributed by atoms with Crippen LogP contribution in [0.4, 0.5) is 5.69 Å². The number of likely N-dealkylation sites (tertiary alicyclic amines) is 1. The van der Waals surface area contributed by atoms with E-state index in [0.717, 1.165) is 23.4 Å². The zero-order chi connectivity index (χ0) is 20.9. The van der Waals surface area contributed by atoms with Gasteiger partial charge in [-0.05, 0) is 36.4 Å². The number of benzene rings is 1. The third kappa shape index (κ3) is 4.68. The van der Waals surface area contributed by atoms with Gasteiger partial charge in [-0.2, -0.15) is 4.68 Å². The van der Waals surface area contributed by atoms with Gasteiger partial charge in [-0.15, -0.1) is 16.4 Å². The molecule has 1 aromatic carbocycles. The molecule has 2 amide bonds. The van der Waals surface area contributed by atoms with Crippen LogP contribution >= 0.6 is 11.3 Å². The number of nitrogens with zero attached hydrogens (tertiary/aromatic N) is 3. The van der Waals surface area contributed by atoms with E-state index in [1.54, 1.807) is 4.90 Å². The zero-order valence-electron chi connectivity index (χ0n) is 16.3. The minimum absolute atomic E-state index is 0.0768. The van der Waals surface area contributed by atoms with E-state index in [2.05, 4.69) is 10.4 Å². The summed E-state index contributed by atoms with van der Waals surface area (Å²) in [4.78, 5) is 39.7. The van der Waals surface area contributed by atoms with Crippen LogP contribution in [0.1, 0.15) is 19.3 Å². The third-order valence-corrected chi connectivity index (χ3v) is 5.92. The lowest BCUT2D eigenvalue weighted by Gasteiger charge is -2.32. The molecular formula is C21H22N4O4S. The number of aryl methyl sites for hydroxylation is 1. The first-order valence-corrected chi connectivity index (χ1v) is 10.7. The molecule has 9 heteroatoms. The summed E-state index contributed by atoms with van der Waals surface area (Å²) in [5.74, 6) is -0.738. The monoisotopic (exact) mass is 426 g/mol. The van der Waals surface area contributed by atoms with Crippen molar-refractivity contribution in [2.75, 3.05) is 18.4 Å². The van der Waals surface area contributed by atoms with Crippen LogP contribution in [0.25, 0.3) is 10.8 Å². The molecule has 1 aliphatic rings. The van der Waals surface area contributed by atoms with Gasteiger partial charge in [0.2, 0.25) is 11.8 Å². The SMILES string of the molecule is O=C(Nc1ccccc1)C1CCCN(C(=O)CCn2nc(-c3cccs3)oc2=O)C1. The van der Waals surface area contributed by atoms with Crippen molar-refractivity contribution in [3.63, 3.8) is 0 Å². The van der Waals surface area contributed by atoms with E-state index in [-0.39, 0.29) is 36.6 Å². The first kappa shape index (κ1) is 20.1. The molecule has 1 N–H and O–H groups in total. The number of para-hydroxylation sites is 1. The molecule has 0 radical (unpaired) electrons. The predicted molar refractivity (Wildman–Crippen MR) is 113 cm³/mol. The second kappa shape index (κ2) is 9.08. The van der Waals surface area contributed by atoms with Crippen molar-refractivity contribution < 1.29 is 14.0 Å². The molecule has 3 heterocycles. The summed E-state index contributed by atoms with van der Waals surface area (Å²) >= 11 is 1.43. The first-order chi connectivity index (χ1) is 14.6. The Morgan fingerprint density at radius 1 is 1.20 bits per heavy atom. The number of carbonyl (C=O) groups is 2. The molecule has 1 atom stereocenters. The number of aromatic nitrogens is 2. The minimum Gasteiger partial charge on any atom is -0.387 e. The maximum absolute atomic E-state index is 12.7. The van der Waals surface area contributed by atoms with Crippen LogP contribution < -0.4 is 11.1 Å². The molecule has 2 aromatic heterocycles. The largest absolute Gasteiger partial charge is 0.437 e. The maximum Gasteiger partial charge on any atom is 0.437 e. The highest BCUT2D eigenvalue weighted by Crippen LogP contribution is 2.22. The molecule has 8 nitrogen and oxygen atoms in total. The highest BCUT2D eigenvalue weighted by Gasteiger charge is 2.28. The fourth-order valence-corrected chi connectivity index (χ4v) is 4.13. The van der Waals surface area contributed by atoms with Crippen LogP contribution in [0.15, 0.2) is 57.1 Å². The Morgan fingerprint density at radius 3 is 2.80 bits per heavy atom. The standard InChI is InChI=1S/C21H22N4O4S/c26-18(10-12-25-21(28)29-20(23-25)17-9-5-13-30-17)24-11-4-6-15(14-24)19(27)22-16-7-2-1-3-8-16/h1-3,5,7-9,13,15H,4,6,10-12,14H2,(H,22,27). The van der Waals surface area contributed by atoms with E-state index < -0.39 is 5.76 Å². The summed E-state index contributed by atoms with van der Waals surface area (Å²) in [6, 6.07) is 13.0. The van der Waals surface area contributed by atoms with E-state index in [1.807, 2.05) is 47.8 Å². The van der Waals surface area contributed by atoms with Crippen molar-refractivity contribution in [3.8, 4) is 10.8 Å². The molecule has 1 fully saturated rings. The number of hydrogen-bond donors (Lipinski definition) is 1. The Labute approximate surface area is 177 Å². The molecule has 30 heavy (non-hydrogen) atoms. The molecule has 1 unspecified atom stereocenters. The Morgan fingerprint density at radius 2 is 2.03 bits per heavy atom. The maximum atomic E-state index is 12.7. The van der Waals surface area contributed by atoms with Gasteiger partial charge < -0.3 is 14.6 Å². The minimum atomic E-state index is -0.579. The predicted octanol–water partition coefficient (Wildman–Crippen LogP) is 2.83. The number of carbonyl (C=O) groups excluding carboxylic acids is 2. The molecule has 1 aliphatic heterocycles. The summed E-state index contributed by atoms with van der Waals surface area (Å²) in [5.41, 5.74) is 0.748. The number of nitrogens with one attached hydrogen (secondary N) is 1. The van der Waals surface area contributed by atoms with Gasteiger partial charge in [-0.25, -0.2) is 4.79 Å². The Hall–Kier alpha value is -3.20. The zero-order valence-corrected chi connectivity index (χ0v) is 17.1. The van der Waals surface area contributed by atoms with E-state index >= 15 is 0 Å². The second-order valence-corrected chi connectivity index (χ2v) is 8.11. The summed E-state index contributed by atoms with van der Waals surface area (Å²) in [7, 11) is 0. The van der Waals surface area contributed by atoms with Gasteiger partial charge in [0.15, 0.2) is 0 Å². The van der Waals surface area contributed by atoms with Crippen molar-refractivity contribution in [3.05, 3.63) is 58.4 Å². The van der Waals surface area contributed by atoms with E-state index in [9.17, 15) is 14.4 Å². The van der Waals surface area contributed by atoms with E-state index in [0.29, 0.717) is 13.1 Å². The summed E-state index contributed by atoms with van der Waals surface area (Å²) < 4.78 is 6.35. The van der Waals surface area contributed by atoms with Gasteiger partial charge in [-0.1, -0.05) is 24.3 Å². The Bertz CT molecular complexity index is 1060. The summed E-state index contributed by atoms with van der Waals surface area (Å²) in [6.07, 6.45) is 1.64. The summed E-state index contributed by atoms with van der Waals surface area (Å²) in [5, 5.41) is 8.95. The average molecular weight is 426 g/mol. The molecule has 156 valence electrons. The lowest BCUT2D eigenvalue weighted by Crippen LogP contribution is -2.44. The molecule has 0 spiro atoms. The van der Waals surface area contributed by atoms with Crippen LogP contribution in [0.2, 0.25) is 0 Å². The smallest absolute Gasteiger partial charge is 0.387 e. The van der Waals surface area contributed by atoms with Crippen LogP contribution in [0.3, 0.4) is 0 Å². The van der Waals surface area contributed by atoms with E-state index in [1.165, 1.54) is 16.0 Å². The number of anilines is 1. The van der Waals surface area contributed by atoms with E-state index in [4.69, 9.17) is 4.42 Å². The molecular weight excluding hydrogens is 404 g/mol. The number of amides is 2. The average Bonchev–Trinajstić information content (AvgIpc) is 3.43. The quantitative estimate of drug-likeness (QED) is 0.654. The van der Waals surface area contributed by atoms with Crippen LogP contribution in [-0.4, -0.2) is 39.6 Å². The molecule has 0 saturated carbocycles. The molecule has 0 aliphatic carbocycles. The van der Waals surface area contributed by atoms with Crippen LogP contribution in [0, 0.1) is 5.92 Å². The highest BCUT2D eigenvalue weighted by molar-refractivity contribution is 7.13. The lowest BCUT2D eigenvalue weighted by molar-refractivity contribution is -0.134. The van der Waals surface area contributed by atoms with Gasteiger partial charge in [0.1, 0.15) is 0 Å². The van der Waals surface area contributed by atoms with Gasteiger partial charge in [0.25, 0.3) is 5.89 Å². The van der Waals surface area contributed by atoms with Gasteiger partial charge in [0, 0.05) is 25.2 Å². The molecule has 0 bridgehead atoms. The van der Waals surface area contributed by atoms with Crippen LogP contribution in [0.5, 0.6) is 0 Å². The molecule has 1 saturated heterocycles. The Kier molecular flexibility index (Phi) is 6.08. The van der Waals surface area contributed by atoms with Gasteiger partial charge >= 0.3 is 5.76 Å². The highest BCUT2D eigenvalue weighted by atomic mass is 32.1. The number of piperidine rings is 1. The van der Waals surface area contributed by atoms with Crippen molar-refractivity contribution in [1.82, 2.24) is 14.7 Å². The fourth-order valence-electron chi connectivity index (χ4n) is 3.49. The molecule has 3 aromatic rings. The third-order valence-electron chi connectivity index (χ3n) is 5.06. The van der Waals surface area contributed by atoms with Crippen molar-refractivity contribution in [1.29, 1.82) is 0 Å². The fraction of sp³-hybridized carbons (Fsp3) is 0.333. The molecule has 4 rings (SSSR count). The van der Waals surface area contributed by atoms with Gasteiger partial charge in [0.05, 0.1) is 17.3 Å². The number of hydrogen-bond acceptors (Lipinski definition) is 6. The van der Waals surface area contributed by atoms with Crippen molar-refractivity contribution >= 4 is 28.8 Å². The first-order valence-electron chi connectivity index (χ1n) is 9.85. The van der Waals surface area contributed by atoms with Crippen LogP contribution in [-0.2, 0) is 16.1 Å².